The van der Waals surface area contributed by atoms with Gasteiger partial charge in [0.15, 0.2) is 5.82 Å². The highest BCUT2D eigenvalue weighted by molar-refractivity contribution is 6.33. The smallest absolute Gasteiger partial charge is 0.255 e. The summed E-state index contributed by atoms with van der Waals surface area (Å²) in [4.78, 5) is 22.5. The summed E-state index contributed by atoms with van der Waals surface area (Å²) < 4.78 is 7.72. The number of allylic oxidation sites excluding steroid dienone is 1. The van der Waals surface area contributed by atoms with Crippen LogP contribution in [0.5, 0.6) is 5.75 Å². The zero-order chi connectivity index (χ0) is 27.5. The molecular formula is C31H25ClN6O2. The van der Waals surface area contributed by atoms with Crippen LogP contribution in [0.1, 0.15) is 24.1 Å². The van der Waals surface area contributed by atoms with Gasteiger partial charge in [-0.1, -0.05) is 66.2 Å². The number of carbonyl (C=O) groups excluding carboxylic acids is 1. The highest BCUT2D eigenvalue weighted by atomic mass is 35.5. The molecule has 8 nitrogen and oxygen atoms in total. The molecule has 1 aliphatic heterocycles. The molecule has 198 valence electrons. The van der Waals surface area contributed by atoms with E-state index in [1.165, 1.54) is 0 Å². The Balaban J connectivity index is 1.36. The maximum absolute atomic E-state index is 13.7. The van der Waals surface area contributed by atoms with E-state index in [-0.39, 0.29) is 5.91 Å². The lowest BCUT2D eigenvalue weighted by molar-refractivity contribution is -0.113. The summed E-state index contributed by atoms with van der Waals surface area (Å²) in [5.41, 5.74) is 4.40. The van der Waals surface area contributed by atoms with E-state index in [2.05, 4.69) is 15.6 Å². The number of aromatic nitrogens is 4. The van der Waals surface area contributed by atoms with E-state index in [9.17, 15) is 4.79 Å². The minimum Gasteiger partial charge on any atom is -0.489 e. The summed E-state index contributed by atoms with van der Waals surface area (Å²) in [6.45, 7) is 2.32. The minimum absolute atomic E-state index is 0.271. The van der Waals surface area contributed by atoms with Crippen LogP contribution in [0.3, 0.4) is 0 Å². The lowest BCUT2D eigenvalue weighted by Crippen LogP contribution is -2.31. The van der Waals surface area contributed by atoms with Crippen molar-refractivity contribution < 1.29 is 9.53 Å². The number of amides is 1. The van der Waals surface area contributed by atoms with Crippen LogP contribution in [0.2, 0.25) is 5.02 Å². The van der Waals surface area contributed by atoms with Crippen molar-refractivity contribution in [2.24, 2.45) is 0 Å². The van der Waals surface area contributed by atoms with Gasteiger partial charge in [0.05, 0.1) is 22.5 Å². The van der Waals surface area contributed by atoms with Gasteiger partial charge in [-0.25, -0.2) is 4.68 Å². The van der Waals surface area contributed by atoms with Crippen molar-refractivity contribution in [1.82, 2.24) is 19.7 Å². The third-order valence-corrected chi connectivity index (χ3v) is 6.91. The zero-order valence-corrected chi connectivity index (χ0v) is 22.3. The molecule has 1 atom stereocenters. The Morgan fingerprint density at radius 2 is 1.77 bits per heavy atom. The summed E-state index contributed by atoms with van der Waals surface area (Å²) in [7, 11) is 0. The molecule has 2 aromatic heterocycles. The maximum atomic E-state index is 13.7. The molecule has 1 aliphatic rings. The van der Waals surface area contributed by atoms with Gasteiger partial charge >= 0.3 is 0 Å². The van der Waals surface area contributed by atoms with Crippen molar-refractivity contribution in [2.75, 3.05) is 10.6 Å². The topological polar surface area (TPSA) is 94.0 Å². The van der Waals surface area contributed by atoms with Crippen molar-refractivity contribution in [3.8, 4) is 17.1 Å². The second-order valence-electron chi connectivity index (χ2n) is 9.29. The first-order chi connectivity index (χ1) is 19.6. The molecule has 0 aliphatic carbocycles. The van der Waals surface area contributed by atoms with E-state index in [4.69, 9.17) is 26.4 Å². The number of fused-ring (bicyclic) bond motifs is 1. The summed E-state index contributed by atoms with van der Waals surface area (Å²) in [5.74, 6) is 1.43. The van der Waals surface area contributed by atoms with Crippen molar-refractivity contribution in [2.45, 2.75) is 19.6 Å². The molecule has 2 N–H and O–H groups in total. The van der Waals surface area contributed by atoms with E-state index in [1.54, 1.807) is 35.3 Å². The molecule has 0 spiro atoms. The van der Waals surface area contributed by atoms with Crippen molar-refractivity contribution in [1.29, 1.82) is 0 Å². The van der Waals surface area contributed by atoms with Crippen molar-refractivity contribution in [3.05, 3.63) is 131 Å². The average Bonchev–Trinajstić information content (AvgIpc) is 3.40. The predicted octanol–water partition coefficient (Wildman–Crippen LogP) is 6.50. The molecule has 40 heavy (non-hydrogen) atoms. The van der Waals surface area contributed by atoms with Gasteiger partial charge in [-0.05, 0) is 54.4 Å². The number of pyridine rings is 1. The molecule has 1 amide bonds. The third kappa shape index (κ3) is 5.17. The molecule has 5 aromatic rings. The van der Waals surface area contributed by atoms with Crippen LogP contribution in [-0.4, -0.2) is 25.7 Å². The number of hydrogen-bond donors (Lipinski definition) is 2. The fourth-order valence-corrected chi connectivity index (χ4v) is 4.85. The molecule has 0 fully saturated rings. The van der Waals surface area contributed by atoms with Crippen LogP contribution in [0.25, 0.3) is 11.4 Å². The standard InChI is InChI=1S/C31H25ClN6O2/c1-20-27(30(39)35-23-10-7-17-33-18-23)28(22-13-15-24(16-14-22)40-19-21-8-3-2-4-9-21)38-31(34-20)36-29(37-38)25-11-5-6-12-26(25)32/h2-18,28H,19H2,1H3,(H,35,39)(H,34,36,37). The molecule has 6 rings (SSSR count). The molecule has 0 radical (unpaired) electrons. The number of rotatable bonds is 7. The maximum Gasteiger partial charge on any atom is 0.255 e. The Bertz CT molecular complexity index is 1680. The second kappa shape index (κ2) is 11.0. The Kier molecular flexibility index (Phi) is 6.99. The molecule has 3 heterocycles. The van der Waals surface area contributed by atoms with Crippen LogP contribution in [-0.2, 0) is 11.4 Å². The lowest BCUT2D eigenvalue weighted by Gasteiger charge is -2.28. The highest BCUT2D eigenvalue weighted by Gasteiger charge is 2.34. The van der Waals surface area contributed by atoms with E-state index < -0.39 is 6.04 Å². The van der Waals surface area contributed by atoms with Gasteiger partial charge in [-0.3, -0.25) is 9.78 Å². The molecule has 0 bridgehead atoms. The summed E-state index contributed by atoms with van der Waals surface area (Å²) in [6, 6.07) is 28.1. The number of anilines is 2. The number of carbonyl (C=O) groups is 1. The highest BCUT2D eigenvalue weighted by Crippen LogP contribution is 2.38. The van der Waals surface area contributed by atoms with E-state index in [1.807, 2.05) is 79.7 Å². The Morgan fingerprint density at radius 3 is 2.52 bits per heavy atom. The quantitative estimate of drug-likeness (QED) is 0.241. The van der Waals surface area contributed by atoms with Gasteiger partial charge in [0.25, 0.3) is 5.91 Å². The van der Waals surface area contributed by atoms with E-state index >= 15 is 0 Å². The SMILES string of the molecule is CC1=C(C(=O)Nc2cccnc2)C(c2ccc(OCc3ccccc3)cc2)n2nc(-c3ccccc3Cl)nc2N1. The van der Waals surface area contributed by atoms with Gasteiger partial charge in [0, 0.05) is 17.5 Å². The minimum atomic E-state index is -0.556. The zero-order valence-electron chi connectivity index (χ0n) is 21.6. The van der Waals surface area contributed by atoms with E-state index in [0.717, 1.165) is 16.9 Å². The number of nitrogens with one attached hydrogen (secondary N) is 2. The molecule has 3 aromatic carbocycles. The van der Waals surface area contributed by atoms with Gasteiger partial charge in [-0.15, -0.1) is 5.10 Å². The molecular weight excluding hydrogens is 524 g/mol. The first-order valence-corrected chi connectivity index (χ1v) is 13.1. The third-order valence-electron chi connectivity index (χ3n) is 6.58. The van der Waals surface area contributed by atoms with E-state index in [0.29, 0.717) is 45.9 Å². The first-order valence-electron chi connectivity index (χ1n) is 12.7. The number of nitrogens with zero attached hydrogens (tertiary/aromatic N) is 4. The fraction of sp³-hybridized carbons (Fsp3) is 0.0968. The van der Waals surface area contributed by atoms with Gasteiger partial charge in [0.1, 0.15) is 18.4 Å². The average molecular weight is 549 g/mol. The monoisotopic (exact) mass is 548 g/mol. The second-order valence-corrected chi connectivity index (χ2v) is 9.70. The van der Waals surface area contributed by atoms with Crippen LogP contribution in [0.4, 0.5) is 11.6 Å². The van der Waals surface area contributed by atoms with Crippen LogP contribution in [0, 0.1) is 0 Å². The summed E-state index contributed by atoms with van der Waals surface area (Å²) in [6.07, 6.45) is 3.26. The molecule has 0 saturated carbocycles. The largest absolute Gasteiger partial charge is 0.489 e. The van der Waals surface area contributed by atoms with Gasteiger partial charge < -0.3 is 15.4 Å². The Labute approximate surface area is 236 Å². The lowest BCUT2D eigenvalue weighted by atomic mass is 9.95. The van der Waals surface area contributed by atoms with Crippen molar-refractivity contribution in [3.63, 3.8) is 0 Å². The molecule has 1 unspecified atom stereocenters. The van der Waals surface area contributed by atoms with Crippen LogP contribution in [0.15, 0.2) is 115 Å². The van der Waals surface area contributed by atoms with Crippen molar-refractivity contribution >= 4 is 29.1 Å². The molecule has 0 saturated heterocycles. The number of benzene rings is 3. The number of ether oxygens (including phenoxy) is 1. The fourth-order valence-electron chi connectivity index (χ4n) is 4.63. The summed E-state index contributed by atoms with van der Waals surface area (Å²) in [5, 5.41) is 11.6. The van der Waals surface area contributed by atoms with Crippen LogP contribution >= 0.6 is 11.6 Å². The van der Waals surface area contributed by atoms with Crippen LogP contribution < -0.4 is 15.4 Å². The Morgan fingerprint density at radius 1 is 1.00 bits per heavy atom. The normalized spacial score (nSPS) is 14.3. The summed E-state index contributed by atoms with van der Waals surface area (Å²) >= 11 is 6.46. The Hall–Kier alpha value is -4.95. The predicted molar refractivity (Wildman–Crippen MR) is 155 cm³/mol. The van der Waals surface area contributed by atoms with Gasteiger partial charge in [0.2, 0.25) is 5.95 Å². The first kappa shape index (κ1) is 25.3. The number of halogens is 1. The number of hydrogen-bond acceptors (Lipinski definition) is 6. The molecule has 9 heteroatoms. The van der Waals surface area contributed by atoms with Gasteiger partial charge in [-0.2, -0.15) is 4.98 Å².